The van der Waals surface area contributed by atoms with Crippen molar-refractivity contribution in [3.05, 3.63) is 0 Å². The second kappa shape index (κ2) is 13.1. The molecule has 0 aliphatic rings. The van der Waals surface area contributed by atoms with Gasteiger partial charge in [-0.2, -0.15) is 0 Å². The van der Waals surface area contributed by atoms with Gasteiger partial charge >= 0.3 is 161 Å². The molecule has 0 saturated heterocycles. The van der Waals surface area contributed by atoms with E-state index in [4.69, 9.17) is 0 Å². The first-order valence-electron chi connectivity index (χ1n) is 4.00. The van der Waals surface area contributed by atoms with Gasteiger partial charge < -0.3 is 0 Å². The maximum Gasteiger partial charge on any atom is 0 e. The Morgan fingerprint density at radius 2 is 0.393 bits per heavy atom. The summed E-state index contributed by atoms with van der Waals surface area (Å²) in [5.41, 5.74) is 0. The third-order valence-corrected chi connectivity index (χ3v) is 8.50. The molecule has 0 aromatic rings. The molecule has 28 heavy (non-hydrogen) atoms. The maximum atomic E-state index is 9.38. The number of rotatable bonds is 6. The van der Waals surface area contributed by atoms with Gasteiger partial charge in [0.15, 0.2) is 0 Å². The first-order chi connectivity index (χ1) is 11.1. The minimum Gasteiger partial charge on any atom is 0 e. The van der Waals surface area contributed by atoms with Crippen molar-refractivity contribution in [1.29, 1.82) is 0 Å². The molecule has 0 aromatic carbocycles. The fourth-order valence-electron chi connectivity index (χ4n) is 0.306. The maximum absolute atomic E-state index is 9.38. The van der Waals surface area contributed by atoms with Crippen LogP contribution in [0.2, 0.25) is 0 Å². The van der Waals surface area contributed by atoms with Crippen molar-refractivity contribution in [2.45, 2.75) is 0 Å². The predicted molar refractivity (Wildman–Crippen MR) is 11.5 cm³/mol. The summed E-state index contributed by atoms with van der Waals surface area (Å²) in [6.07, 6.45) is 0. The molecule has 28 heteroatoms. The quantitative estimate of drug-likeness (QED) is 0.239. The van der Waals surface area contributed by atoms with Crippen LogP contribution in [0.3, 0.4) is 0 Å². The summed E-state index contributed by atoms with van der Waals surface area (Å²) in [4.78, 5) is 0. The SMILES string of the molecule is [O]=[Cr](=[O])([O-])[O][Cr](=[O])(=[O])[O-].[O]=[Cr](=[O])([O-])[O][Cr](=[O])(=[O])[O-].[O]=[Cr](=[O])([O-])[O][Cr](=[O])(=[O])[O-].[U]. The van der Waals surface area contributed by atoms with Gasteiger partial charge in [0.2, 0.25) is 0 Å². The van der Waals surface area contributed by atoms with Gasteiger partial charge in [0.25, 0.3) is 0 Å². The van der Waals surface area contributed by atoms with Gasteiger partial charge in [0.05, 0.1) is 0 Å². The van der Waals surface area contributed by atoms with Crippen molar-refractivity contribution in [2.75, 3.05) is 0 Å². The molecule has 0 N–H and O–H groups in total. The van der Waals surface area contributed by atoms with Crippen LogP contribution < -0.4 is 24.9 Å². The fraction of sp³-hybridized carbons (Fsp3) is 0. The second-order valence-corrected chi connectivity index (χ2v) is 13.6. The van der Waals surface area contributed by atoms with Crippen molar-refractivity contribution in [3.63, 3.8) is 0 Å². The molecule has 0 amide bonds. The zero-order valence-corrected chi connectivity index (χ0v) is 23.3. The van der Waals surface area contributed by atoms with Crippen molar-refractivity contribution in [3.8, 4) is 0 Å². The Bertz CT molecular complexity index is 850. The van der Waals surface area contributed by atoms with Gasteiger partial charge in [-0.05, 0) is 0 Å². The molecule has 0 aromatic heterocycles. The van der Waals surface area contributed by atoms with E-state index in [-0.39, 0.29) is 31.1 Å². The van der Waals surface area contributed by atoms with E-state index in [0.717, 1.165) is 0 Å². The van der Waals surface area contributed by atoms with Crippen LogP contribution >= 0.6 is 0 Å². The van der Waals surface area contributed by atoms with E-state index < -0.39 is 81.7 Å². The van der Waals surface area contributed by atoms with E-state index in [1.165, 1.54) is 0 Å². The average molecular weight is 886 g/mol. The first kappa shape index (κ1) is 36.8. The Morgan fingerprint density at radius 3 is 0.393 bits per heavy atom. The van der Waals surface area contributed by atoms with E-state index >= 15 is 0 Å². The molecule has 21 nitrogen and oxygen atoms in total. The summed E-state index contributed by atoms with van der Waals surface area (Å²) < 4.78 is 177. The summed E-state index contributed by atoms with van der Waals surface area (Å²) in [7, 11) is 0. The molecule has 172 valence electrons. The summed E-state index contributed by atoms with van der Waals surface area (Å²) in [5, 5.41) is 0. The zero-order valence-electron chi connectivity index (χ0n) is 11.5. The van der Waals surface area contributed by atoms with Gasteiger partial charge in [-0.3, -0.25) is 0 Å². The molecule has 0 radical (unpaired) electrons. The molecule has 0 fully saturated rings. The van der Waals surface area contributed by atoms with Crippen LogP contribution in [0.25, 0.3) is 0 Å². The minimum absolute atomic E-state index is 0. The Hall–Kier alpha value is 1.49. The van der Waals surface area contributed by atoms with E-state index in [0.29, 0.717) is 0 Å². The molecule has 0 saturated carbocycles. The summed E-state index contributed by atoms with van der Waals surface area (Å²) in [6.45, 7) is 0. The minimum atomic E-state index is -6.07. The molecule has 0 bridgehead atoms. The van der Waals surface area contributed by atoms with Crippen LogP contribution in [0.5, 0.6) is 0 Å². The average Bonchev–Trinajstić information content (AvgIpc) is 1.96. The van der Waals surface area contributed by atoms with Crippen molar-refractivity contribution < 1.29 is 192 Å². The van der Waals surface area contributed by atoms with Crippen molar-refractivity contribution in [2.24, 2.45) is 0 Å². The molecular weight excluding hydrogens is 886 g/mol. The Balaban J connectivity index is -0.000000152. The number of hydrogen-bond acceptors (Lipinski definition) is 21. The molecule has 0 heterocycles. The van der Waals surface area contributed by atoms with Gasteiger partial charge in [-0.25, -0.2) is 0 Å². The van der Waals surface area contributed by atoms with E-state index in [9.17, 15) is 70.6 Å². The molecule has 0 spiro atoms. The second-order valence-electron chi connectivity index (χ2n) is 2.65. The molecular formula is Cr6O21U-6. The molecule has 0 aliphatic carbocycles. The van der Waals surface area contributed by atoms with E-state index in [1.807, 2.05) is 0 Å². The van der Waals surface area contributed by atoms with Crippen LogP contribution in [0.4, 0.5) is 0 Å². The Kier molecular flexibility index (Phi) is 17.3. The Labute approximate surface area is 189 Å². The smallest absolute Gasteiger partial charge is 0 e. The third kappa shape index (κ3) is 50.8. The number of hydrogen-bond donors (Lipinski definition) is 0. The van der Waals surface area contributed by atoms with Crippen LogP contribution in [-0.2, 0) is 136 Å². The van der Waals surface area contributed by atoms with Crippen LogP contribution in [0, 0.1) is 31.1 Å². The van der Waals surface area contributed by atoms with Gasteiger partial charge in [-0.15, -0.1) is 0 Å². The molecule has 0 unspecified atom stereocenters. The van der Waals surface area contributed by atoms with Crippen molar-refractivity contribution in [1.82, 2.24) is 0 Å². The largest absolute Gasteiger partial charge is 0 e. The zero-order chi connectivity index (χ0) is 23.1. The van der Waals surface area contributed by atoms with Gasteiger partial charge in [0.1, 0.15) is 0 Å². The fourth-order valence-corrected chi connectivity index (χ4v) is 5.21. The van der Waals surface area contributed by atoms with Crippen molar-refractivity contribution >= 4 is 0 Å². The predicted octanol–water partition coefficient (Wildman–Crippen LogP) is -8.78. The molecule has 0 rings (SSSR count). The van der Waals surface area contributed by atoms with Crippen LogP contribution in [0.15, 0.2) is 0 Å². The van der Waals surface area contributed by atoms with Gasteiger partial charge in [0, 0.05) is 31.1 Å². The van der Waals surface area contributed by atoms with Crippen LogP contribution in [0.1, 0.15) is 0 Å². The standard InChI is InChI=1S/6Cr.21O.U/q;;;;;;;;;;;;;;;;;;;;;6*-1;. The first-order valence-corrected chi connectivity index (χ1v) is 16.5. The summed E-state index contributed by atoms with van der Waals surface area (Å²) in [5.74, 6) is 0. The third-order valence-electron chi connectivity index (χ3n) is 0.500. The molecule has 0 aliphatic heterocycles. The molecule has 0 atom stereocenters. The topological polar surface area (TPSA) is 371 Å². The van der Waals surface area contributed by atoms with Crippen LogP contribution in [-0.4, -0.2) is 0 Å². The summed E-state index contributed by atoms with van der Waals surface area (Å²) >= 11 is -36.4. The summed E-state index contributed by atoms with van der Waals surface area (Å²) in [6, 6.07) is 0. The van der Waals surface area contributed by atoms with E-state index in [2.05, 4.69) is 8.52 Å². The normalized spacial score (nSPS) is 13.1. The van der Waals surface area contributed by atoms with E-state index in [1.54, 1.807) is 0 Å². The van der Waals surface area contributed by atoms with Gasteiger partial charge in [-0.1, -0.05) is 0 Å². The monoisotopic (exact) mass is 886 g/mol. The Morgan fingerprint density at radius 1 is 0.321 bits per heavy atom.